The molecular formula is C13H26N2. The second kappa shape index (κ2) is 6.29. The van der Waals surface area contributed by atoms with Gasteiger partial charge in [-0.2, -0.15) is 0 Å². The predicted octanol–water partition coefficient (Wildman–Crippen LogP) is 2.27. The highest BCUT2D eigenvalue weighted by Gasteiger charge is 2.26. The zero-order valence-corrected chi connectivity index (χ0v) is 10.7. The van der Waals surface area contributed by atoms with Crippen LogP contribution in [0.1, 0.15) is 34.1 Å². The van der Waals surface area contributed by atoms with Gasteiger partial charge in [-0.1, -0.05) is 32.4 Å². The van der Waals surface area contributed by atoms with E-state index < -0.39 is 0 Å². The molecule has 1 saturated heterocycles. The molecule has 1 aliphatic heterocycles. The second-order valence-electron chi connectivity index (χ2n) is 4.77. The molecular weight excluding hydrogens is 184 g/mol. The first-order valence-electron chi connectivity index (χ1n) is 6.27. The Bertz CT molecular complexity index is 201. The van der Waals surface area contributed by atoms with Gasteiger partial charge in [0.15, 0.2) is 0 Å². The monoisotopic (exact) mass is 210 g/mol. The summed E-state index contributed by atoms with van der Waals surface area (Å²) in [6, 6.07) is 1.35. The molecule has 0 aromatic heterocycles. The minimum atomic E-state index is 0.668. The zero-order chi connectivity index (χ0) is 11.3. The van der Waals surface area contributed by atoms with Crippen molar-refractivity contribution in [1.29, 1.82) is 0 Å². The molecule has 1 N–H and O–H groups in total. The molecule has 1 aliphatic rings. The van der Waals surface area contributed by atoms with E-state index in [0.717, 1.165) is 19.0 Å². The first kappa shape index (κ1) is 12.7. The van der Waals surface area contributed by atoms with Crippen LogP contribution >= 0.6 is 0 Å². The van der Waals surface area contributed by atoms with E-state index in [2.05, 4.69) is 50.1 Å². The summed E-state index contributed by atoms with van der Waals surface area (Å²) in [6.07, 6.45) is 5.67. The van der Waals surface area contributed by atoms with Gasteiger partial charge in [-0.05, 0) is 19.8 Å². The first-order chi connectivity index (χ1) is 7.19. The lowest BCUT2D eigenvalue weighted by Crippen LogP contribution is -2.57. The molecule has 1 fully saturated rings. The van der Waals surface area contributed by atoms with Crippen molar-refractivity contribution >= 4 is 0 Å². The van der Waals surface area contributed by atoms with Crippen LogP contribution in [-0.4, -0.2) is 36.6 Å². The smallest absolute Gasteiger partial charge is 0.0221 e. The van der Waals surface area contributed by atoms with Crippen LogP contribution in [0.3, 0.4) is 0 Å². The molecule has 3 atom stereocenters. The Labute approximate surface area is 94.7 Å². The van der Waals surface area contributed by atoms with E-state index in [1.54, 1.807) is 0 Å². The van der Waals surface area contributed by atoms with E-state index in [1.807, 2.05) is 0 Å². The van der Waals surface area contributed by atoms with Crippen LogP contribution in [0.25, 0.3) is 0 Å². The molecule has 0 spiro atoms. The summed E-state index contributed by atoms with van der Waals surface area (Å²) < 4.78 is 0. The van der Waals surface area contributed by atoms with Crippen molar-refractivity contribution in [1.82, 2.24) is 10.2 Å². The Morgan fingerprint density at radius 1 is 1.53 bits per heavy atom. The van der Waals surface area contributed by atoms with E-state index in [9.17, 15) is 0 Å². The second-order valence-corrected chi connectivity index (χ2v) is 4.77. The lowest BCUT2D eigenvalue weighted by atomic mass is 9.96. The molecule has 0 radical (unpaired) electrons. The minimum Gasteiger partial charge on any atom is -0.311 e. The summed E-state index contributed by atoms with van der Waals surface area (Å²) in [5.41, 5.74) is 0. The van der Waals surface area contributed by atoms with Crippen LogP contribution in [0.5, 0.6) is 0 Å². The van der Waals surface area contributed by atoms with Crippen molar-refractivity contribution in [2.24, 2.45) is 5.92 Å². The minimum absolute atomic E-state index is 0.668. The van der Waals surface area contributed by atoms with Crippen LogP contribution < -0.4 is 5.32 Å². The summed E-state index contributed by atoms with van der Waals surface area (Å²) in [5.74, 6) is 0.783. The highest BCUT2D eigenvalue weighted by atomic mass is 15.2. The summed E-state index contributed by atoms with van der Waals surface area (Å²) >= 11 is 0. The maximum atomic E-state index is 3.66. The van der Waals surface area contributed by atoms with Crippen molar-refractivity contribution < 1.29 is 0 Å². The summed E-state index contributed by atoms with van der Waals surface area (Å²) in [6.45, 7) is 12.5. The van der Waals surface area contributed by atoms with Crippen molar-refractivity contribution in [2.45, 2.75) is 46.2 Å². The Kier molecular flexibility index (Phi) is 5.34. The maximum absolute atomic E-state index is 3.66. The molecule has 88 valence electrons. The quantitative estimate of drug-likeness (QED) is 0.716. The summed E-state index contributed by atoms with van der Waals surface area (Å²) in [7, 11) is 0. The maximum Gasteiger partial charge on any atom is 0.0221 e. The molecule has 0 aromatic carbocycles. The number of nitrogens with one attached hydrogen (secondary N) is 1. The lowest BCUT2D eigenvalue weighted by Gasteiger charge is -2.40. The van der Waals surface area contributed by atoms with Crippen LogP contribution in [0.2, 0.25) is 0 Å². The van der Waals surface area contributed by atoms with E-state index in [-0.39, 0.29) is 0 Å². The van der Waals surface area contributed by atoms with Gasteiger partial charge in [-0.25, -0.2) is 0 Å². The van der Waals surface area contributed by atoms with Crippen molar-refractivity contribution in [3.8, 4) is 0 Å². The van der Waals surface area contributed by atoms with Gasteiger partial charge in [0.2, 0.25) is 0 Å². The van der Waals surface area contributed by atoms with E-state index in [0.29, 0.717) is 12.1 Å². The highest BCUT2D eigenvalue weighted by Crippen LogP contribution is 2.15. The van der Waals surface area contributed by atoms with Crippen molar-refractivity contribution in [3.63, 3.8) is 0 Å². The van der Waals surface area contributed by atoms with Crippen LogP contribution in [0.4, 0.5) is 0 Å². The fourth-order valence-corrected chi connectivity index (χ4v) is 2.11. The number of rotatable bonds is 4. The lowest BCUT2D eigenvalue weighted by molar-refractivity contribution is 0.132. The Hall–Kier alpha value is -0.340. The fraction of sp³-hybridized carbons (Fsp3) is 0.846. The van der Waals surface area contributed by atoms with E-state index >= 15 is 0 Å². The van der Waals surface area contributed by atoms with Crippen molar-refractivity contribution in [2.75, 3.05) is 19.6 Å². The Morgan fingerprint density at radius 2 is 2.27 bits per heavy atom. The Morgan fingerprint density at radius 3 is 2.87 bits per heavy atom. The largest absolute Gasteiger partial charge is 0.311 e. The topological polar surface area (TPSA) is 15.3 Å². The SMILES string of the molecule is C/C=C/CN1CC(C(C)CC)NCC1C. The molecule has 2 heteroatoms. The van der Waals surface area contributed by atoms with Gasteiger partial charge in [0.1, 0.15) is 0 Å². The van der Waals surface area contributed by atoms with E-state index in [4.69, 9.17) is 0 Å². The molecule has 0 aromatic rings. The number of piperazine rings is 1. The first-order valence-corrected chi connectivity index (χ1v) is 6.27. The fourth-order valence-electron chi connectivity index (χ4n) is 2.11. The molecule has 0 aliphatic carbocycles. The third-order valence-corrected chi connectivity index (χ3v) is 3.64. The number of hydrogen-bond donors (Lipinski definition) is 1. The van der Waals surface area contributed by atoms with Gasteiger partial charge in [-0.3, -0.25) is 4.90 Å². The van der Waals surface area contributed by atoms with Gasteiger partial charge in [0.05, 0.1) is 0 Å². The summed E-state index contributed by atoms with van der Waals surface area (Å²) in [5, 5.41) is 3.66. The van der Waals surface area contributed by atoms with Gasteiger partial charge in [0.25, 0.3) is 0 Å². The Balaban J connectivity index is 2.47. The predicted molar refractivity (Wildman–Crippen MR) is 67.1 cm³/mol. The molecule has 15 heavy (non-hydrogen) atoms. The molecule has 2 nitrogen and oxygen atoms in total. The average molecular weight is 210 g/mol. The molecule has 1 rings (SSSR count). The van der Waals surface area contributed by atoms with Crippen LogP contribution in [0.15, 0.2) is 12.2 Å². The number of allylic oxidation sites excluding steroid dienone is 1. The molecule has 3 unspecified atom stereocenters. The normalized spacial score (nSPS) is 30.9. The van der Waals surface area contributed by atoms with Gasteiger partial charge >= 0.3 is 0 Å². The third kappa shape index (κ3) is 3.62. The van der Waals surface area contributed by atoms with Gasteiger partial charge in [-0.15, -0.1) is 0 Å². The highest BCUT2D eigenvalue weighted by molar-refractivity contribution is 4.90. The van der Waals surface area contributed by atoms with Crippen LogP contribution in [-0.2, 0) is 0 Å². The average Bonchev–Trinajstić information content (AvgIpc) is 2.27. The van der Waals surface area contributed by atoms with Crippen molar-refractivity contribution in [3.05, 3.63) is 12.2 Å². The zero-order valence-electron chi connectivity index (χ0n) is 10.7. The third-order valence-electron chi connectivity index (χ3n) is 3.64. The van der Waals surface area contributed by atoms with Gasteiger partial charge in [0, 0.05) is 31.7 Å². The molecule has 0 bridgehead atoms. The molecule has 0 saturated carbocycles. The molecule has 1 heterocycles. The molecule has 0 amide bonds. The van der Waals surface area contributed by atoms with Gasteiger partial charge < -0.3 is 5.32 Å². The summed E-state index contributed by atoms with van der Waals surface area (Å²) in [4.78, 5) is 2.58. The van der Waals surface area contributed by atoms with Crippen LogP contribution in [0, 0.1) is 5.92 Å². The standard InChI is InChI=1S/C13H26N2/c1-5-7-8-15-10-13(11(3)6-2)14-9-12(15)4/h5,7,11-14H,6,8-10H2,1-4H3/b7-5+. The number of nitrogens with zero attached hydrogens (tertiary/aromatic N) is 1. The number of hydrogen-bond acceptors (Lipinski definition) is 2. The van der Waals surface area contributed by atoms with E-state index in [1.165, 1.54) is 13.0 Å².